The van der Waals surface area contributed by atoms with Crippen LogP contribution in [0.3, 0.4) is 0 Å². The van der Waals surface area contributed by atoms with E-state index in [9.17, 15) is 0 Å². The van der Waals surface area contributed by atoms with Crippen molar-refractivity contribution in [1.29, 1.82) is 0 Å². The Morgan fingerprint density at radius 2 is 1.00 bits per heavy atom. The average Bonchev–Trinajstić information content (AvgIpc) is 2.69. The first-order valence-corrected chi connectivity index (χ1v) is 8.40. The van der Waals surface area contributed by atoms with Gasteiger partial charge in [0.05, 0.1) is 0 Å². The monoisotopic (exact) mass is 248 g/mol. The van der Waals surface area contributed by atoms with Gasteiger partial charge in [0.2, 0.25) is 0 Å². The maximum absolute atomic E-state index is 2.92. The van der Waals surface area contributed by atoms with E-state index in [2.05, 4.69) is 9.80 Å². The van der Waals surface area contributed by atoms with Gasteiger partial charge in [0.25, 0.3) is 0 Å². The molecule has 0 N–H and O–H groups in total. The lowest BCUT2D eigenvalue weighted by molar-refractivity contribution is 0.0368. The first-order chi connectivity index (χ1) is 8.92. The fourth-order valence-corrected chi connectivity index (χ4v) is 5.41. The molecule has 0 radical (unpaired) electrons. The summed E-state index contributed by atoms with van der Waals surface area (Å²) in [5, 5.41) is 0. The highest BCUT2D eigenvalue weighted by atomic mass is 15.3. The average molecular weight is 248 g/mol. The molecule has 4 rings (SSSR count). The largest absolute Gasteiger partial charge is 0.298 e. The zero-order chi connectivity index (χ0) is 11.9. The van der Waals surface area contributed by atoms with Gasteiger partial charge in [-0.25, -0.2) is 0 Å². The molecule has 18 heavy (non-hydrogen) atoms. The summed E-state index contributed by atoms with van der Waals surface area (Å²) in [6, 6.07) is 1.90. The molecular formula is C16H28N2. The molecule has 0 spiro atoms. The van der Waals surface area contributed by atoms with Gasteiger partial charge in [0.15, 0.2) is 0 Å². The molecule has 2 aliphatic carbocycles. The maximum atomic E-state index is 2.92. The van der Waals surface area contributed by atoms with Gasteiger partial charge in [0.1, 0.15) is 0 Å². The summed E-state index contributed by atoms with van der Waals surface area (Å²) in [6.45, 7) is 5.60. The SMILES string of the molecule is C1CCC2C(C1)CN1CCN2CC2CCCCC21. The molecule has 0 amide bonds. The van der Waals surface area contributed by atoms with Crippen LogP contribution in [-0.2, 0) is 0 Å². The summed E-state index contributed by atoms with van der Waals surface area (Å²) in [4.78, 5) is 5.83. The number of hydrogen-bond donors (Lipinski definition) is 0. The van der Waals surface area contributed by atoms with Crippen molar-refractivity contribution < 1.29 is 0 Å². The molecular weight excluding hydrogens is 220 g/mol. The van der Waals surface area contributed by atoms with Crippen molar-refractivity contribution in [3.63, 3.8) is 0 Å². The summed E-state index contributed by atoms with van der Waals surface area (Å²) in [5.41, 5.74) is 0. The molecule has 2 saturated carbocycles. The third-order valence-electron chi connectivity index (χ3n) is 6.29. The van der Waals surface area contributed by atoms with Crippen LogP contribution in [0, 0.1) is 11.8 Å². The van der Waals surface area contributed by atoms with Crippen LogP contribution >= 0.6 is 0 Å². The molecule has 4 aliphatic rings. The quantitative estimate of drug-likeness (QED) is 0.650. The third-order valence-corrected chi connectivity index (χ3v) is 6.29. The van der Waals surface area contributed by atoms with Gasteiger partial charge in [0, 0.05) is 38.3 Å². The van der Waals surface area contributed by atoms with Crippen LogP contribution in [0.2, 0.25) is 0 Å². The van der Waals surface area contributed by atoms with Gasteiger partial charge >= 0.3 is 0 Å². The Hall–Kier alpha value is -0.0800. The fraction of sp³-hybridized carbons (Fsp3) is 1.00. The maximum Gasteiger partial charge on any atom is 0.0136 e. The van der Waals surface area contributed by atoms with E-state index in [0.29, 0.717) is 0 Å². The molecule has 2 aliphatic heterocycles. The van der Waals surface area contributed by atoms with E-state index in [1.165, 1.54) is 77.5 Å². The molecule has 0 aromatic rings. The third kappa shape index (κ3) is 1.92. The normalized spacial score (nSPS) is 52.0. The second kappa shape index (κ2) is 4.79. The Kier molecular flexibility index (Phi) is 3.12. The van der Waals surface area contributed by atoms with Gasteiger partial charge in [-0.15, -0.1) is 0 Å². The Morgan fingerprint density at radius 1 is 0.556 bits per heavy atom. The van der Waals surface area contributed by atoms with Gasteiger partial charge < -0.3 is 0 Å². The van der Waals surface area contributed by atoms with Crippen molar-refractivity contribution in [3.05, 3.63) is 0 Å². The zero-order valence-electron chi connectivity index (χ0n) is 11.7. The lowest BCUT2D eigenvalue weighted by atomic mass is 9.78. The van der Waals surface area contributed by atoms with E-state index in [0.717, 1.165) is 23.9 Å². The second-order valence-corrected chi connectivity index (χ2v) is 7.21. The standard InChI is InChI=1S/C16H28N2/c1-3-7-15-13(5-1)11-17-9-10-18(15)12-14-6-2-4-8-16(14)17/h13-16H,1-12H2. The summed E-state index contributed by atoms with van der Waals surface area (Å²) in [6.07, 6.45) is 12.0. The lowest BCUT2D eigenvalue weighted by Crippen LogP contribution is -2.51. The molecule has 2 heteroatoms. The van der Waals surface area contributed by atoms with Crippen molar-refractivity contribution in [3.8, 4) is 0 Å². The first-order valence-electron chi connectivity index (χ1n) is 8.40. The molecule has 2 nitrogen and oxygen atoms in total. The van der Waals surface area contributed by atoms with Crippen LogP contribution in [0.15, 0.2) is 0 Å². The summed E-state index contributed by atoms with van der Waals surface area (Å²) >= 11 is 0. The van der Waals surface area contributed by atoms with Gasteiger partial charge in [-0.3, -0.25) is 9.80 Å². The Balaban J connectivity index is 1.61. The zero-order valence-corrected chi connectivity index (χ0v) is 11.7. The first kappa shape index (κ1) is 11.7. The number of hydrogen-bond acceptors (Lipinski definition) is 2. The van der Waals surface area contributed by atoms with E-state index in [-0.39, 0.29) is 0 Å². The predicted octanol–water partition coefficient (Wildman–Crippen LogP) is 2.74. The summed E-state index contributed by atoms with van der Waals surface area (Å²) < 4.78 is 0. The molecule has 2 heterocycles. The lowest BCUT2D eigenvalue weighted by Gasteiger charge is -2.46. The molecule has 0 aromatic carbocycles. The molecule has 4 fully saturated rings. The highest BCUT2D eigenvalue weighted by molar-refractivity contribution is 4.97. The highest BCUT2D eigenvalue weighted by Gasteiger charge is 2.42. The second-order valence-electron chi connectivity index (χ2n) is 7.21. The minimum absolute atomic E-state index is 0.951. The molecule has 6 atom stereocenters. The van der Waals surface area contributed by atoms with Crippen molar-refractivity contribution in [2.45, 2.75) is 63.5 Å². The van der Waals surface area contributed by atoms with Gasteiger partial charge in [-0.1, -0.05) is 25.7 Å². The number of nitrogens with zero attached hydrogens (tertiary/aromatic N) is 2. The van der Waals surface area contributed by atoms with Crippen molar-refractivity contribution in [2.24, 2.45) is 11.8 Å². The van der Waals surface area contributed by atoms with Crippen LogP contribution < -0.4 is 0 Å². The molecule has 2 bridgehead atoms. The van der Waals surface area contributed by atoms with Crippen LogP contribution in [0.1, 0.15) is 51.4 Å². The van der Waals surface area contributed by atoms with E-state index in [1.807, 2.05) is 0 Å². The van der Waals surface area contributed by atoms with Crippen LogP contribution in [-0.4, -0.2) is 48.1 Å². The fourth-order valence-electron chi connectivity index (χ4n) is 5.41. The number of rotatable bonds is 0. The van der Waals surface area contributed by atoms with E-state index in [4.69, 9.17) is 0 Å². The summed E-state index contributed by atoms with van der Waals surface area (Å²) in [7, 11) is 0. The molecule has 6 unspecified atom stereocenters. The van der Waals surface area contributed by atoms with Crippen LogP contribution in [0.25, 0.3) is 0 Å². The van der Waals surface area contributed by atoms with Crippen LogP contribution in [0.5, 0.6) is 0 Å². The number of fused-ring (bicyclic) bond motifs is 7. The van der Waals surface area contributed by atoms with E-state index < -0.39 is 0 Å². The van der Waals surface area contributed by atoms with Crippen molar-refractivity contribution in [1.82, 2.24) is 9.80 Å². The van der Waals surface area contributed by atoms with Crippen molar-refractivity contribution in [2.75, 3.05) is 26.2 Å². The molecule has 102 valence electrons. The highest BCUT2D eigenvalue weighted by Crippen LogP contribution is 2.39. The topological polar surface area (TPSA) is 6.48 Å². The van der Waals surface area contributed by atoms with Crippen molar-refractivity contribution >= 4 is 0 Å². The minimum Gasteiger partial charge on any atom is -0.298 e. The predicted molar refractivity (Wildman–Crippen MR) is 74.6 cm³/mol. The minimum atomic E-state index is 0.951. The summed E-state index contributed by atoms with van der Waals surface area (Å²) in [5.74, 6) is 2.01. The Morgan fingerprint density at radius 3 is 1.50 bits per heavy atom. The van der Waals surface area contributed by atoms with E-state index >= 15 is 0 Å². The van der Waals surface area contributed by atoms with Gasteiger partial charge in [-0.05, 0) is 37.5 Å². The van der Waals surface area contributed by atoms with Crippen LogP contribution in [0.4, 0.5) is 0 Å². The Labute approximate surface area is 112 Å². The Bertz CT molecular complexity index is 273. The molecule has 0 aromatic heterocycles. The smallest absolute Gasteiger partial charge is 0.0136 e. The molecule has 2 saturated heterocycles. The van der Waals surface area contributed by atoms with E-state index in [1.54, 1.807) is 0 Å². The van der Waals surface area contributed by atoms with Gasteiger partial charge in [-0.2, -0.15) is 0 Å².